The highest BCUT2D eigenvalue weighted by Gasteiger charge is 1.98. The summed E-state index contributed by atoms with van der Waals surface area (Å²) in [5, 5.41) is 3.45. The van der Waals surface area contributed by atoms with Gasteiger partial charge in [-0.1, -0.05) is 37.6 Å². The van der Waals surface area contributed by atoms with Crippen LogP contribution in [0.5, 0.6) is 0 Å². The average molecular weight is 206 g/mol. The van der Waals surface area contributed by atoms with Gasteiger partial charge in [-0.3, -0.25) is 0 Å². The summed E-state index contributed by atoms with van der Waals surface area (Å²) in [6.45, 7) is 5.04. The molecule has 1 aromatic carbocycles. The van der Waals surface area contributed by atoms with Crippen molar-refractivity contribution >= 4 is 0 Å². The second-order valence-electron chi connectivity index (χ2n) is 3.83. The second-order valence-corrected chi connectivity index (χ2v) is 3.83. The van der Waals surface area contributed by atoms with Crippen molar-refractivity contribution < 1.29 is 0 Å². The third-order valence-electron chi connectivity index (χ3n) is 2.62. The van der Waals surface area contributed by atoms with Crippen molar-refractivity contribution in [3.63, 3.8) is 0 Å². The molecule has 15 heavy (non-hydrogen) atoms. The van der Waals surface area contributed by atoms with E-state index in [1.807, 2.05) is 0 Å². The number of nitrogens with two attached hydrogens (primary N) is 1. The summed E-state index contributed by atoms with van der Waals surface area (Å²) in [6.07, 6.45) is 3.60. The fraction of sp³-hybridized carbons (Fsp3) is 0.538. The Morgan fingerprint density at radius 3 is 2.53 bits per heavy atom. The Kier molecular flexibility index (Phi) is 6.05. The van der Waals surface area contributed by atoms with Crippen LogP contribution in [-0.2, 0) is 13.0 Å². The number of rotatable bonds is 7. The molecule has 0 aromatic heterocycles. The lowest BCUT2D eigenvalue weighted by Crippen LogP contribution is -2.19. The fourth-order valence-electron chi connectivity index (χ4n) is 1.65. The number of hydrogen-bond acceptors (Lipinski definition) is 2. The predicted molar refractivity (Wildman–Crippen MR) is 65.8 cm³/mol. The number of hydrogen-bond donors (Lipinski definition) is 2. The standard InChI is InChI=1S/C13H22N2/c1-2-3-9-15-10-8-12-6-4-5-7-13(12)11-14/h4-7,15H,2-3,8-11,14H2,1H3. The Hall–Kier alpha value is -0.860. The summed E-state index contributed by atoms with van der Waals surface area (Å²) in [6, 6.07) is 8.42. The van der Waals surface area contributed by atoms with Crippen LogP contribution in [0.25, 0.3) is 0 Å². The molecule has 0 bridgehead atoms. The lowest BCUT2D eigenvalue weighted by molar-refractivity contribution is 0.638. The van der Waals surface area contributed by atoms with Gasteiger partial charge in [-0.15, -0.1) is 0 Å². The van der Waals surface area contributed by atoms with Crippen molar-refractivity contribution in [2.45, 2.75) is 32.7 Å². The zero-order chi connectivity index (χ0) is 10.9. The van der Waals surface area contributed by atoms with Gasteiger partial charge in [0.25, 0.3) is 0 Å². The number of nitrogens with one attached hydrogen (secondary N) is 1. The van der Waals surface area contributed by atoms with E-state index in [2.05, 4.69) is 36.5 Å². The molecule has 0 radical (unpaired) electrons. The normalized spacial score (nSPS) is 10.5. The second kappa shape index (κ2) is 7.43. The molecule has 0 saturated heterocycles. The first kappa shape index (κ1) is 12.2. The highest BCUT2D eigenvalue weighted by Crippen LogP contribution is 2.07. The van der Waals surface area contributed by atoms with E-state index in [-0.39, 0.29) is 0 Å². The SMILES string of the molecule is CCCCNCCc1ccccc1CN. The van der Waals surface area contributed by atoms with Crippen LogP contribution in [0.3, 0.4) is 0 Å². The summed E-state index contributed by atoms with van der Waals surface area (Å²) in [7, 11) is 0. The van der Waals surface area contributed by atoms with Crippen molar-refractivity contribution in [3.8, 4) is 0 Å². The van der Waals surface area contributed by atoms with Gasteiger partial charge < -0.3 is 11.1 Å². The van der Waals surface area contributed by atoms with Crippen LogP contribution in [0.2, 0.25) is 0 Å². The zero-order valence-electron chi connectivity index (χ0n) is 9.63. The molecule has 0 unspecified atom stereocenters. The quantitative estimate of drug-likeness (QED) is 0.670. The fourth-order valence-corrected chi connectivity index (χ4v) is 1.65. The van der Waals surface area contributed by atoms with E-state index in [1.165, 1.54) is 24.0 Å². The molecule has 2 nitrogen and oxygen atoms in total. The average Bonchev–Trinajstić information content (AvgIpc) is 2.29. The van der Waals surface area contributed by atoms with Gasteiger partial charge in [0.1, 0.15) is 0 Å². The van der Waals surface area contributed by atoms with E-state index >= 15 is 0 Å². The monoisotopic (exact) mass is 206 g/mol. The van der Waals surface area contributed by atoms with Crippen molar-refractivity contribution in [1.29, 1.82) is 0 Å². The van der Waals surface area contributed by atoms with E-state index in [9.17, 15) is 0 Å². The summed E-state index contributed by atoms with van der Waals surface area (Å²) in [5.74, 6) is 0. The maximum Gasteiger partial charge on any atom is 0.0180 e. The molecular weight excluding hydrogens is 184 g/mol. The van der Waals surface area contributed by atoms with E-state index in [1.54, 1.807) is 0 Å². The molecule has 84 valence electrons. The smallest absolute Gasteiger partial charge is 0.0180 e. The van der Waals surface area contributed by atoms with Gasteiger partial charge in [0, 0.05) is 6.54 Å². The van der Waals surface area contributed by atoms with Gasteiger partial charge in [0.05, 0.1) is 0 Å². The third kappa shape index (κ3) is 4.45. The summed E-state index contributed by atoms with van der Waals surface area (Å²) >= 11 is 0. The lowest BCUT2D eigenvalue weighted by Gasteiger charge is -2.08. The van der Waals surface area contributed by atoms with Crippen LogP contribution in [0.1, 0.15) is 30.9 Å². The zero-order valence-corrected chi connectivity index (χ0v) is 9.63. The molecule has 0 saturated carbocycles. The largest absolute Gasteiger partial charge is 0.326 e. The molecule has 0 atom stereocenters. The number of unbranched alkanes of at least 4 members (excludes halogenated alkanes) is 1. The minimum absolute atomic E-state index is 0.644. The van der Waals surface area contributed by atoms with E-state index in [0.29, 0.717) is 6.54 Å². The molecule has 2 heteroatoms. The third-order valence-corrected chi connectivity index (χ3v) is 2.62. The van der Waals surface area contributed by atoms with Crippen LogP contribution >= 0.6 is 0 Å². The van der Waals surface area contributed by atoms with Gasteiger partial charge in [0.2, 0.25) is 0 Å². The molecule has 0 fully saturated rings. The highest BCUT2D eigenvalue weighted by atomic mass is 14.8. The first-order valence-corrected chi connectivity index (χ1v) is 5.86. The molecule has 0 aliphatic rings. The summed E-state index contributed by atoms with van der Waals surface area (Å²) in [5.41, 5.74) is 8.33. The van der Waals surface area contributed by atoms with Crippen molar-refractivity contribution in [2.75, 3.05) is 13.1 Å². The first-order chi connectivity index (χ1) is 7.38. The van der Waals surface area contributed by atoms with Gasteiger partial charge >= 0.3 is 0 Å². The van der Waals surface area contributed by atoms with E-state index in [0.717, 1.165) is 19.5 Å². The Labute approximate surface area is 92.9 Å². The molecular formula is C13H22N2. The van der Waals surface area contributed by atoms with Crippen LogP contribution in [0.15, 0.2) is 24.3 Å². The molecule has 0 spiro atoms. The van der Waals surface area contributed by atoms with Crippen LogP contribution in [0, 0.1) is 0 Å². The van der Waals surface area contributed by atoms with Gasteiger partial charge in [-0.25, -0.2) is 0 Å². The maximum atomic E-state index is 5.68. The molecule has 1 aromatic rings. The molecule has 0 heterocycles. The Morgan fingerprint density at radius 2 is 1.87 bits per heavy atom. The van der Waals surface area contributed by atoms with Crippen LogP contribution < -0.4 is 11.1 Å². The van der Waals surface area contributed by atoms with Gasteiger partial charge in [-0.2, -0.15) is 0 Å². The molecule has 0 amide bonds. The Balaban J connectivity index is 2.30. The van der Waals surface area contributed by atoms with Crippen molar-refractivity contribution in [3.05, 3.63) is 35.4 Å². The highest BCUT2D eigenvalue weighted by molar-refractivity contribution is 5.27. The molecule has 0 aliphatic carbocycles. The molecule has 1 rings (SSSR count). The summed E-state index contributed by atoms with van der Waals surface area (Å²) in [4.78, 5) is 0. The minimum atomic E-state index is 0.644. The summed E-state index contributed by atoms with van der Waals surface area (Å²) < 4.78 is 0. The van der Waals surface area contributed by atoms with E-state index in [4.69, 9.17) is 5.73 Å². The van der Waals surface area contributed by atoms with Crippen LogP contribution in [0.4, 0.5) is 0 Å². The minimum Gasteiger partial charge on any atom is -0.326 e. The van der Waals surface area contributed by atoms with Crippen molar-refractivity contribution in [1.82, 2.24) is 5.32 Å². The molecule has 3 N–H and O–H groups in total. The lowest BCUT2D eigenvalue weighted by atomic mass is 10.0. The topological polar surface area (TPSA) is 38.0 Å². The number of benzene rings is 1. The molecule has 0 aliphatic heterocycles. The van der Waals surface area contributed by atoms with Gasteiger partial charge in [-0.05, 0) is 37.1 Å². The Bertz CT molecular complexity index is 271. The first-order valence-electron chi connectivity index (χ1n) is 5.86. The van der Waals surface area contributed by atoms with Crippen LogP contribution in [-0.4, -0.2) is 13.1 Å². The van der Waals surface area contributed by atoms with Gasteiger partial charge in [0.15, 0.2) is 0 Å². The predicted octanol–water partition coefficient (Wildman–Crippen LogP) is 2.08. The van der Waals surface area contributed by atoms with E-state index < -0.39 is 0 Å². The Morgan fingerprint density at radius 1 is 1.13 bits per heavy atom. The maximum absolute atomic E-state index is 5.68. The van der Waals surface area contributed by atoms with Crippen molar-refractivity contribution in [2.24, 2.45) is 5.73 Å².